The van der Waals surface area contributed by atoms with Crippen LogP contribution in [0.5, 0.6) is 11.5 Å². The quantitative estimate of drug-likeness (QED) is 0.151. The second kappa shape index (κ2) is 12.0. The van der Waals surface area contributed by atoms with Crippen molar-refractivity contribution in [3.8, 4) is 11.5 Å². The third-order valence-electron chi connectivity index (χ3n) is 6.61. The van der Waals surface area contributed by atoms with Crippen LogP contribution in [0.4, 0.5) is 16.2 Å². The molecule has 1 heterocycles. The highest BCUT2D eigenvalue weighted by Gasteiger charge is 2.44. The van der Waals surface area contributed by atoms with Crippen molar-refractivity contribution in [2.75, 3.05) is 23.0 Å². The molecular formula is C33H29BrN2O5. The van der Waals surface area contributed by atoms with Crippen LogP contribution in [-0.4, -0.2) is 31.1 Å². The zero-order chi connectivity index (χ0) is 29.1. The zero-order valence-corrected chi connectivity index (χ0v) is 24.6. The molecule has 0 unspecified atom stereocenters. The fourth-order valence-electron chi connectivity index (χ4n) is 4.79. The van der Waals surface area contributed by atoms with Crippen molar-refractivity contribution in [2.24, 2.45) is 0 Å². The molecule has 7 nitrogen and oxygen atoms in total. The summed E-state index contributed by atoms with van der Waals surface area (Å²) in [4.78, 5) is 44.1. The van der Waals surface area contributed by atoms with Gasteiger partial charge in [-0.1, -0.05) is 55.5 Å². The molecule has 4 aromatic carbocycles. The topological polar surface area (TPSA) is 76.2 Å². The van der Waals surface area contributed by atoms with Gasteiger partial charge in [-0.05, 0) is 89.1 Å². The Labute approximate surface area is 247 Å². The number of imide groups is 2. The highest BCUT2D eigenvalue weighted by atomic mass is 79.9. The van der Waals surface area contributed by atoms with E-state index in [2.05, 4.69) is 15.9 Å². The number of carbonyl (C=O) groups excluding carboxylic acids is 3. The van der Waals surface area contributed by atoms with Crippen LogP contribution in [0.1, 0.15) is 31.4 Å². The first-order valence-electron chi connectivity index (χ1n) is 13.4. The summed E-state index contributed by atoms with van der Waals surface area (Å²) in [6.45, 7) is 6.66. The van der Waals surface area contributed by atoms with E-state index in [4.69, 9.17) is 9.47 Å². The summed E-state index contributed by atoms with van der Waals surface area (Å²) < 4.78 is 12.3. The molecule has 0 N–H and O–H groups in total. The van der Waals surface area contributed by atoms with E-state index in [9.17, 15) is 14.4 Å². The molecule has 208 valence electrons. The molecule has 5 rings (SSSR count). The molecule has 0 bridgehead atoms. The lowest BCUT2D eigenvalue weighted by Crippen LogP contribution is -2.57. The largest absolute Gasteiger partial charge is 0.490 e. The average Bonchev–Trinajstić information content (AvgIpc) is 2.95. The maximum atomic E-state index is 14.1. The fourth-order valence-corrected chi connectivity index (χ4v) is 5.36. The molecule has 0 radical (unpaired) electrons. The molecular weight excluding hydrogens is 584 g/mol. The van der Waals surface area contributed by atoms with Crippen LogP contribution in [0.25, 0.3) is 16.8 Å². The predicted molar refractivity (Wildman–Crippen MR) is 165 cm³/mol. The van der Waals surface area contributed by atoms with E-state index in [0.717, 1.165) is 27.2 Å². The van der Waals surface area contributed by atoms with E-state index < -0.39 is 17.8 Å². The van der Waals surface area contributed by atoms with Gasteiger partial charge in [0.05, 0.1) is 29.1 Å². The Balaban J connectivity index is 1.69. The molecule has 1 aliphatic heterocycles. The average molecular weight is 614 g/mol. The van der Waals surface area contributed by atoms with Gasteiger partial charge >= 0.3 is 6.03 Å². The normalized spacial score (nSPS) is 14.7. The number of nitrogens with zero attached hydrogens (tertiary/aromatic N) is 2. The summed E-state index contributed by atoms with van der Waals surface area (Å²) >= 11 is 3.56. The summed E-state index contributed by atoms with van der Waals surface area (Å²) in [7, 11) is 0. The lowest BCUT2D eigenvalue weighted by Gasteiger charge is -2.34. The third kappa shape index (κ3) is 5.47. The summed E-state index contributed by atoms with van der Waals surface area (Å²) in [6.07, 6.45) is 2.31. The molecule has 4 aromatic rings. The number of urea groups is 1. The smallest absolute Gasteiger partial charge is 0.343 e. The number of fused-ring (bicyclic) bond motifs is 1. The molecule has 0 aromatic heterocycles. The Hall–Kier alpha value is -4.43. The minimum Gasteiger partial charge on any atom is -0.490 e. The Bertz CT molecular complexity index is 1690. The number of barbiturate groups is 1. The minimum atomic E-state index is -0.737. The Morgan fingerprint density at radius 1 is 0.829 bits per heavy atom. The monoisotopic (exact) mass is 612 g/mol. The highest BCUT2D eigenvalue weighted by molar-refractivity contribution is 9.10. The van der Waals surface area contributed by atoms with E-state index in [1.807, 2.05) is 57.2 Å². The predicted octanol–water partition coefficient (Wildman–Crippen LogP) is 7.68. The number of hydrogen-bond acceptors (Lipinski definition) is 5. The number of aryl methyl sites for hydroxylation is 1. The van der Waals surface area contributed by atoms with Crippen molar-refractivity contribution in [2.45, 2.75) is 27.2 Å². The van der Waals surface area contributed by atoms with Crippen molar-refractivity contribution in [3.63, 3.8) is 0 Å². The second-order valence-corrected chi connectivity index (χ2v) is 10.4. The van der Waals surface area contributed by atoms with Crippen molar-refractivity contribution >= 4 is 62.0 Å². The van der Waals surface area contributed by atoms with E-state index >= 15 is 0 Å². The first-order valence-corrected chi connectivity index (χ1v) is 14.2. The molecule has 1 aliphatic rings. The van der Waals surface area contributed by atoms with Gasteiger partial charge in [0.2, 0.25) is 0 Å². The Morgan fingerprint density at radius 2 is 1.56 bits per heavy atom. The fraction of sp³-hybridized carbons (Fsp3) is 0.182. The van der Waals surface area contributed by atoms with Crippen molar-refractivity contribution in [1.82, 2.24) is 0 Å². The van der Waals surface area contributed by atoms with Crippen LogP contribution in [0.3, 0.4) is 0 Å². The van der Waals surface area contributed by atoms with Crippen LogP contribution in [-0.2, 0) is 9.59 Å². The molecule has 0 atom stereocenters. The summed E-state index contributed by atoms with van der Waals surface area (Å²) in [5.74, 6) is -0.385. The summed E-state index contributed by atoms with van der Waals surface area (Å²) in [5, 5.41) is 1.58. The Morgan fingerprint density at radius 3 is 2.32 bits per heavy atom. The number of benzene rings is 4. The molecule has 1 fully saturated rings. The lowest BCUT2D eigenvalue weighted by atomic mass is 10.0. The van der Waals surface area contributed by atoms with E-state index in [-0.39, 0.29) is 5.57 Å². The van der Waals surface area contributed by atoms with E-state index in [1.54, 1.807) is 42.5 Å². The molecule has 4 amide bonds. The van der Waals surface area contributed by atoms with Crippen LogP contribution >= 0.6 is 15.9 Å². The summed E-state index contributed by atoms with van der Waals surface area (Å²) in [6, 6.07) is 22.7. The van der Waals surface area contributed by atoms with Gasteiger partial charge in [-0.2, -0.15) is 0 Å². The number of ether oxygens (including phenoxy) is 2. The van der Waals surface area contributed by atoms with Gasteiger partial charge in [0.15, 0.2) is 11.5 Å². The van der Waals surface area contributed by atoms with Crippen LogP contribution in [0.15, 0.2) is 88.9 Å². The second-order valence-electron chi connectivity index (χ2n) is 9.57. The molecule has 0 aliphatic carbocycles. The van der Waals surface area contributed by atoms with E-state index in [1.165, 1.54) is 6.08 Å². The van der Waals surface area contributed by atoms with E-state index in [0.29, 0.717) is 51.5 Å². The zero-order valence-electron chi connectivity index (χ0n) is 23.0. The van der Waals surface area contributed by atoms with Gasteiger partial charge in [0.25, 0.3) is 11.8 Å². The number of hydrogen-bond donors (Lipinski definition) is 0. The molecule has 0 saturated carbocycles. The maximum Gasteiger partial charge on any atom is 0.343 e. The van der Waals surface area contributed by atoms with Crippen molar-refractivity contribution < 1.29 is 23.9 Å². The number of rotatable bonds is 8. The van der Waals surface area contributed by atoms with Crippen LogP contribution in [0, 0.1) is 6.92 Å². The van der Waals surface area contributed by atoms with Crippen LogP contribution < -0.4 is 19.3 Å². The molecule has 41 heavy (non-hydrogen) atoms. The number of amides is 4. The SMILES string of the molecule is CCCOc1c(Br)cc(/C=C2\C(=O)N(c3cccc(C)c3)C(=O)N(c3cccc4ccccc34)C2=O)cc1OCC. The van der Waals surface area contributed by atoms with Crippen molar-refractivity contribution in [3.05, 3.63) is 100 Å². The highest BCUT2D eigenvalue weighted by Crippen LogP contribution is 2.39. The number of halogens is 1. The molecule has 0 spiro atoms. The van der Waals surface area contributed by atoms with Gasteiger partial charge in [0, 0.05) is 5.39 Å². The minimum absolute atomic E-state index is 0.157. The van der Waals surface area contributed by atoms with Gasteiger partial charge in [-0.25, -0.2) is 14.6 Å². The number of carbonyl (C=O) groups is 3. The molecule has 1 saturated heterocycles. The van der Waals surface area contributed by atoms with Gasteiger partial charge in [-0.15, -0.1) is 0 Å². The Kier molecular flexibility index (Phi) is 8.21. The van der Waals surface area contributed by atoms with Gasteiger partial charge in [-0.3, -0.25) is 9.59 Å². The maximum absolute atomic E-state index is 14.1. The standard InChI is InChI=1S/C33H29BrN2O5/c1-4-16-41-30-27(34)19-22(20-29(30)40-5-2)18-26-31(37)35(24-13-8-10-21(3)17-24)33(39)36(32(26)38)28-15-9-12-23-11-6-7-14-25(23)28/h6-15,17-20H,4-5,16H2,1-3H3/b26-18+. The first kappa shape index (κ1) is 28.1. The number of anilines is 2. The lowest BCUT2D eigenvalue weighted by molar-refractivity contribution is -0.121. The van der Waals surface area contributed by atoms with Crippen molar-refractivity contribution in [1.29, 1.82) is 0 Å². The first-order chi connectivity index (χ1) is 19.8. The van der Waals surface area contributed by atoms with Gasteiger partial charge in [0.1, 0.15) is 5.57 Å². The summed E-state index contributed by atoms with van der Waals surface area (Å²) in [5.41, 5.74) is 2.03. The third-order valence-corrected chi connectivity index (χ3v) is 7.20. The van der Waals surface area contributed by atoms with Crippen LogP contribution in [0.2, 0.25) is 0 Å². The van der Waals surface area contributed by atoms with Gasteiger partial charge < -0.3 is 9.47 Å². The molecule has 8 heteroatoms.